The number of hydrogen-bond acceptors (Lipinski definition) is 5. The first-order valence-corrected chi connectivity index (χ1v) is 13.3. The van der Waals surface area contributed by atoms with E-state index in [0.29, 0.717) is 43.7 Å². The first-order chi connectivity index (χ1) is 19.7. The Hall–Kier alpha value is -4.60. The first-order valence-electron chi connectivity index (χ1n) is 13.3. The molecule has 0 spiro atoms. The quantitative estimate of drug-likeness (QED) is 0.128. The van der Waals surface area contributed by atoms with Gasteiger partial charge in [0.05, 0.1) is 16.8 Å². The second kappa shape index (κ2) is 14.2. The number of nitrogens with zero attached hydrogens (tertiary/aromatic N) is 4. The lowest BCUT2D eigenvalue weighted by Gasteiger charge is -2.34. The van der Waals surface area contributed by atoms with Crippen LogP contribution in [0.4, 0.5) is 20.3 Å². The predicted octanol–water partition coefficient (Wildman–Crippen LogP) is 5.29. The Labute approximate surface area is 239 Å². The number of aliphatic imine (C=N–C) groups is 1. The van der Waals surface area contributed by atoms with Crippen LogP contribution in [0.1, 0.15) is 37.0 Å². The summed E-state index contributed by atoms with van der Waals surface area (Å²) < 4.78 is 30.8. The summed E-state index contributed by atoms with van der Waals surface area (Å²) >= 11 is 0. The molecule has 3 aromatic rings. The minimum Gasteiger partial charge on any atom is -0.507 e. The van der Waals surface area contributed by atoms with Gasteiger partial charge < -0.3 is 15.3 Å². The molecule has 216 valence electrons. The smallest absolute Gasteiger partial charge is 0.219 e. The van der Waals surface area contributed by atoms with Crippen molar-refractivity contribution in [1.82, 2.24) is 15.2 Å². The molecule has 2 aromatic carbocycles. The highest BCUT2D eigenvalue weighted by Crippen LogP contribution is 2.38. The molecule has 1 atom stereocenters. The molecule has 2 N–H and O–H groups in total. The predicted molar refractivity (Wildman–Crippen MR) is 158 cm³/mol. The minimum atomic E-state index is -0.918. The molecule has 0 saturated carbocycles. The second-order valence-corrected chi connectivity index (χ2v) is 9.43. The van der Waals surface area contributed by atoms with E-state index in [9.17, 15) is 19.1 Å². The molecular formula is C31H35F2N5O3. The van der Waals surface area contributed by atoms with Gasteiger partial charge in [-0.1, -0.05) is 37.3 Å². The van der Waals surface area contributed by atoms with Crippen molar-refractivity contribution in [3.63, 3.8) is 0 Å². The first kappa shape index (κ1) is 30.9. The molecule has 0 saturated heterocycles. The van der Waals surface area contributed by atoms with Crippen molar-refractivity contribution in [3.8, 4) is 17.0 Å². The molecule has 0 bridgehead atoms. The van der Waals surface area contributed by atoms with E-state index in [1.165, 1.54) is 24.1 Å². The summed E-state index contributed by atoms with van der Waals surface area (Å²) in [4.78, 5) is 36.0. The molecule has 1 heterocycles. The number of amidine groups is 1. The molecule has 10 heteroatoms. The largest absolute Gasteiger partial charge is 0.507 e. The number of hydrogen-bond donors (Lipinski definition) is 2. The van der Waals surface area contributed by atoms with Crippen LogP contribution in [0, 0.1) is 18.6 Å². The summed E-state index contributed by atoms with van der Waals surface area (Å²) in [5.41, 5.74) is 1.45. The zero-order valence-electron chi connectivity index (χ0n) is 23.7. The fourth-order valence-corrected chi connectivity index (χ4v) is 4.81. The molecule has 41 heavy (non-hydrogen) atoms. The van der Waals surface area contributed by atoms with Crippen molar-refractivity contribution in [3.05, 3.63) is 83.4 Å². The van der Waals surface area contributed by atoms with E-state index < -0.39 is 28.6 Å². The number of aromatic hydroxyl groups is 1. The molecule has 0 aliphatic heterocycles. The molecule has 8 nitrogen and oxygen atoms in total. The number of benzene rings is 2. The van der Waals surface area contributed by atoms with Gasteiger partial charge in [-0.3, -0.25) is 19.5 Å². The van der Waals surface area contributed by atoms with E-state index in [1.807, 2.05) is 43.9 Å². The van der Waals surface area contributed by atoms with Crippen molar-refractivity contribution >= 4 is 30.2 Å². The summed E-state index contributed by atoms with van der Waals surface area (Å²) in [6, 6.07) is 10.1. The highest BCUT2D eigenvalue weighted by molar-refractivity contribution is 6.06. The average Bonchev–Trinajstić information content (AvgIpc) is 2.96. The monoisotopic (exact) mass is 563 g/mol. The van der Waals surface area contributed by atoms with Crippen molar-refractivity contribution in [1.29, 1.82) is 0 Å². The Morgan fingerprint density at radius 2 is 1.93 bits per heavy atom. The fraction of sp³-hybridized carbons (Fsp3) is 0.290. The molecule has 3 rings (SSSR count). The van der Waals surface area contributed by atoms with Crippen LogP contribution in [0.25, 0.3) is 11.3 Å². The van der Waals surface area contributed by atoms with E-state index in [4.69, 9.17) is 0 Å². The van der Waals surface area contributed by atoms with E-state index in [2.05, 4.69) is 21.9 Å². The molecule has 1 unspecified atom stereocenters. The van der Waals surface area contributed by atoms with Crippen molar-refractivity contribution < 1.29 is 23.5 Å². The van der Waals surface area contributed by atoms with Crippen LogP contribution in [0.5, 0.6) is 5.75 Å². The van der Waals surface area contributed by atoms with Gasteiger partial charge in [0.2, 0.25) is 12.8 Å². The third kappa shape index (κ3) is 6.59. The number of carbonyl (C=O) groups excluding carboxylic acids is 2. The maximum Gasteiger partial charge on any atom is 0.219 e. The van der Waals surface area contributed by atoms with Gasteiger partial charge in [-0.2, -0.15) is 0 Å². The zero-order chi connectivity index (χ0) is 30.1. The lowest BCUT2D eigenvalue weighted by molar-refractivity contribution is -0.109. The van der Waals surface area contributed by atoms with E-state index >= 15 is 4.39 Å². The van der Waals surface area contributed by atoms with E-state index in [-0.39, 0.29) is 24.0 Å². The Morgan fingerprint density at radius 3 is 2.54 bits per heavy atom. The van der Waals surface area contributed by atoms with Gasteiger partial charge in [0.15, 0.2) is 11.6 Å². The van der Waals surface area contributed by atoms with Crippen LogP contribution in [0.15, 0.2) is 60.1 Å². The number of amides is 2. The number of aromatic nitrogens is 1. The third-order valence-electron chi connectivity index (χ3n) is 6.79. The third-order valence-corrected chi connectivity index (χ3v) is 6.79. The number of aryl methyl sites for hydroxylation is 2. The average molecular weight is 564 g/mol. The van der Waals surface area contributed by atoms with Gasteiger partial charge in [0, 0.05) is 26.2 Å². The van der Waals surface area contributed by atoms with Crippen LogP contribution in [0.3, 0.4) is 0 Å². The summed E-state index contributed by atoms with van der Waals surface area (Å²) in [5.74, 6) is -1.98. The lowest BCUT2D eigenvalue weighted by atomic mass is 10.0. The maximum absolute atomic E-state index is 15.9. The Kier molecular flexibility index (Phi) is 10.7. The number of anilines is 2. The lowest BCUT2D eigenvalue weighted by Crippen LogP contribution is -2.45. The molecule has 0 aliphatic rings. The molecule has 2 amide bonds. The molecule has 1 aromatic heterocycles. The van der Waals surface area contributed by atoms with Crippen molar-refractivity contribution in [2.24, 2.45) is 4.99 Å². The standard InChI is InChI=1S/C31H35F2N5O3/c1-6-8-15-37(21(4)17-35-18-39)30(34-5)23-16-25(33)28(27-24(32)13-10-14-26(27)41)36-31(23)38(19-40)29-20(3)11-9-12-22(29)7-2/h6,9-14,16,18-19,21,41H,1,7-8,15,17H2,2-5H3,(H,35,39). The number of rotatable bonds is 13. The topological polar surface area (TPSA) is 98.1 Å². The van der Waals surface area contributed by atoms with E-state index in [1.54, 1.807) is 6.08 Å². The van der Waals surface area contributed by atoms with Gasteiger partial charge in [-0.05, 0) is 56.0 Å². The molecular weight excluding hydrogens is 528 g/mol. The molecule has 0 aliphatic carbocycles. The van der Waals surface area contributed by atoms with Crippen LogP contribution in [-0.2, 0) is 16.0 Å². The number of halogens is 2. The van der Waals surface area contributed by atoms with Gasteiger partial charge in [0.1, 0.15) is 23.1 Å². The Morgan fingerprint density at radius 1 is 1.20 bits per heavy atom. The SMILES string of the molecule is C=CCCN(C(=NC)c1cc(F)c(-c2c(O)cccc2F)nc1N(C=O)c1c(C)cccc1CC)C(C)CNC=O. The van der Waals surface area contributed by atoms with Gasteiger partial charge >= 0.3 is 0 Å². The number of phenolic OH excluding ortho intramolecular Hbond substituents is 1. The molecule has 0 fully saturated rings. The summed E-state index contributed by atoms with van der Waals surface area (Å²) in [6.45, 7) is 10.1. The second-order valence-electron chi connectivity index (χ2n) is 9.43. The summed E-state index contributed by atoms with van der Waals surface area (Å²) in [6.07, 6.45) is 4.03. The van der Waals surface area contributed by atoms with Crippen LogP contribution in [-0.4, -0.2) is 59.8 Å². The normalized spacial score (nSPS) is 12.0. The van der Waals surface area contributed by atoms with Crippen molar-refractivity contribution in [2.75, 3.05) is 25.0 Å². The molecule has 0 radical (unpaired) electrons. The Balaban J connectivity index is 2.40. The summed E-state index contributed by atoms with van der Waals surface area (Å²) in [7, 11) is 1.53. The number of phenols is 1. The van der Waals surface area contributed by atoms with Gasteiger partial charge in [-0.15, -0.1) is 6.58 Å². The Bertz CT molecular complexity index is 1420. The van der Waals surface area contributed by atoms with Crippen LogP contribution < -0.4 is 10.2 Å². The number of pyridine rings is 1. The maximum atomic E-state index is 15.9. The fourth-order valence-electron chi connectivity index (χ4n) is 4.81. The van der Waals surface area contributed by atoms with Gasteiger partial charge in [-0.25, -0.2) is 13.8 Å². The minimum absolute atomic E-state index is 0.00260. The summed E-state index contributed by atoms with van der Waals surface area (Å²) in [5, 5.41) is 13.1. The highest BCUT2D eigenvalue weighted by atomic mass is 19.1. The van der Waals surface area contributed by atoms with Crippen LogP contribution in [0.2, 0.25) is 0 Å². The van der Waals surface area contributed by atoms with E-state index in [0.717, 1.165) is 23.3 Å². The van der Waals surface area contributed by atoms with Crippen LogP contribution >= 0.6 is 0 Å². The van der Waals surface area contributed by atoms with Crippen molar-refractivity contribution in [2.45, 2.75) is 39.7 Å². The number of carbonyl (C=O) groups is 2. The van der Waals surface area contributed by atoms with Gasteiger partial charge in [0.25, 0.3) is 0 Å². The highest BCUT2D eigenvalue weighted by Gasteiger charge is 2.29. The number of nitrogens with one attached hydrogen (secondary N) is 1. The zero-order valence-corrected chi connectivity index (χ0v) is 23.7. The number of para-hydroxylation sites is 1.